The van der Waals surface area contributed by atoms with Gasteiger partial charge in [0.05, 0.1) is 73.6 Å². The second kappa shape index (κ2) is 19.9. The topological polar surface area (TPSA) is 182 Å². The average molecular weight is 838 g/mol. The predicted molar refractivity (Wildman–Crippen MR) is 222 cm³/mol. The van der Waals surface area contributed by atoms with Crippen LogP contribution in [0.25, 0.3) is 0 Å². The highest BCUT2D eigenvalue weighted by Gasteiger charge is 2.63. The monoisotopic (exact) mass is 838 g/mol. The molecule has 2 spiro atoms. The largest absolute Gasteiger partial charge is 0.394 e. The van der Waals surface area contributed by atoms with E-state index in [1.807, 2.05) is 41.5 Å². The van der Waals surface area contributed by atoms with Crippen molar-refractivity contribution >= 4 is 11.7 Å². The first-order valence-electron chi connectivity index (χ1n) is 23.0. The van der Waals surface area contributed by atoms with Gasteiger partial charge in [-0.05, 0) is 95.6 Å². The minimum Gasteiger partial charge on any atom is -0.394 e. The van der Waals surface area contributed by atoms with Crippen LogP contribution in [-0.4, -0.2) is 124 Å². The van der Waals surface area contributed by atoms with E-state index in [1.54, 1.807) is 19.1 Å². The number of ketones is 1. The molecule has 0 unspecified atom stereocenters. The summed E-state index contributed by atoms with van der Waals surface area (Å²) in [5.41, 5.74) is -1.64. The fourth-order valence-corrected chi connectivity index (χ4v) is 11.1. The van der Waals surface area contributed by atoms with Crippen LogP contribution in [0, 0.1) is 41.4 Å². The van der Waals surface area contributed by atoms with Crippen LogP contribution in [0.3, 0.4) is 0 Å². The van der Waals surface area contributed by atoms with Gasteiger partial charge in [0.2, 0.25) is 11.7 Å². The molecule has 4 fully saturated rings. The Kier molecular flexibility index (Phi) is 16.4. The summed E-state index contributed by atoms with van der Waals surface area (Å²) in [5.74, 6) is -4.74. The second-order valence-corrected chi connectivity index (χ2v) is 19.2. The molecule has 18 atom stereocenters. The van der Waals surface area contributed by atoms with Crippen LogP contribution in [0.2, 0.25) is 0 Å². The van der Waals surface area contributed by atoms with Crippen molar-refractivity contribution in [3.8, 4) is 0 Å². The van der Waals surface area contributed by atoms with Crippen molar-refractivity contribution in [1.29, 1.82) is 0 Å². The Hall–Kier alpha value is -1.52. The van der Waals surface area contributed by atoms with E-state index in [0.717, 1.165) is 12.8 Å². The summed E-state index contributed by atoms with van der Waals surface area (Å²) >= 11 is 0. The second-order valence-electron chi connectivity index (χ2n) is 19.2. The molecule has 5 heterocycles. The lowest BCUT2D eigenvalue weighted by Gasteiger charge is -2.54. The van der Waals surface area contributed by atoms with Gasteiger partial charge in [-0.2, -0.15) is 0 Å². The molecule has 340 valence electrons. The highest BCUT2D eigenvalue weighted by molar-refractivity contribution is 5.84. The zero-order valence-corrected chi connectivity index (χ0v) is 37.7. The molecule has 13 nitrogen and oxygen atoms in total. The minimum atomic E-state index is -1.38. The SMILES string of the molecule is CC[C@@H](C(=O)[C@@H](C)[C@@H](O)[C@H](C)[C@@H]1O[C@@H]([C@@H](CC)C(=O)NCCOCCO)CC[C@@H]1C)[C@H]1O[C@]2(C=C[C@@H](O)[C@]3(CC[C@@](C)([C@H]4CC[C@](O)(CC)[C@H](C)O4)O3)O2)[C@H](C)C[C@@H]1C. The van der Waals surface area contributed by atoms with Crippen LogP contribution < -0.4 is 5.32 Å². The normalized spacial score (nSPS) is 42.6. The van der Waals surface area contributed by atoms with Crippen LogP contribution in [0.4, 0.5) is 0 Å². The molecular formula is C46H79NO12. The number of hydrogen-bond donors (Lipinski definition) is 5. The number of aliphatic hydroxyl groups excluding tert-OH is 3. The van der Waals surface area contributed by atoms with Crippen molar-refractivity contribution in [1.82, 2.24) is 5.32 Å². The third kappa shape index (κ3) is 10.00. The van der Waals surface area contributed by atoms with Gasteiger partial charge in [-0.15, -0.1) is 0 Å². The Morgan fingerprint density at radius 1 is 0.915 bits per heavy atom. The van der Waals surface area contributed by atoms with E-state index in [2.05, 4.69) is 26.1 Å². The van der Waals surface area contributed by atoms with Gasteiger partial charge in [0.25, 0.3) is 0 Å². The molecule has 1 amide bonds. The van der Waals surface area contributed by atoms with Gasteiger partial charge in [-0.3, -0.25) is 9.59 Å². The number of nitrogens with one attached hydrogen (secondary N) is 1. The number of amides is 1. The fraction of sp³-hybridized carbons (Fsp3) is 0.913. The van der Waals surface area contributed by atoms with Gasteiger partial charge in [0.1, 0.15) is 11.9 Å². The summed E-state index contributed by atoms with van der Waals surface area (Å²) in [4.78, 5) is 27.8. The lowest BCUT2D eigenvalue weighted by atomic mass is 9.72. The lowest BCUT2D eigenvalue weighted by Crippen LogP contribution is -2.63. The molecule has 5 N–H and O–H groups in total. The number of Topliss-reactive ketones (excluding diaryl/α,β-unsaturated/α-hetero) is 1. The maximum absolute atomic E-state index is 14.6. The third-order valence-corrected chi connectivity index (χ3v) is 15.2. The average Bonchev–Trinajstić information content (AvgIpc) is 3.56. The minimum absolute atomic E-state index is 0.0103. The lowest BCUT2D eigenvalue weighted by molar-refractivity contribution is -0.409. The first kappa shape index (κ1) is 48.5. The van der Waals surface area contributed by atoms with Gasteiger partial charge in [-0.1, -0.05) is 55.4 Å². The molecule has 0 saturated carbocycles. The molecule has 5 aliphatic rings. The number of ether oxygens (including phenoxy) is 6. The number of aliphatic hydroxyl groups is 4. The molecule has 5 aliphatic heterocycles. The highest BCUT2D eigenvalue weighted by Crippen LogP contribution is 2.54. The molecule has 0 radical (unpaired) electrons. The van der Waals surface area contributed by atoms with Crippen molar-refractivity contribution in [3.05, 3.63) is 12.2 Å². The molecule has 0 bridgehead atoms. The van der Waals surface area contributed by atoms with Crippen LogP contribution in [0.15, 0.2) is 12.2 Å². The smallest absolute Gasteiger partial charge is 0.225 e. The highest BCUT2D eigenvalue weighted by atomic mass is 16.8. The van der Waals surface area contributed by atoms with Gasteiger partial charge < -0.3 is 54.2 Å². The predicted octanol–water partition coefficient (Wildman–Crippen LogP) is 5.23. The van der Waals surface area contributed by atoms with E-state index >= 15 is 0 Å². The van der Waals surface area contributed by atoms with Crippen molar-refractivity contribution in [2.45, 2.75) is 199 Å². The molecule has 59 heavy (non-hydrogen) atoms. The Balaban J connectivity index is 1.26. The maximum atomic E-state index is 14.6. The standard InChI is InChI=1S/C46H79NO12/c1-11-33(42(52)47-22-24-54-25-23-48)35-15-14-27(4)40(56-35)31(8)38(50)30(7)39(51)34(12-2)41-28(5)26-29(6)45(57-41)19-16-36(49)46(59-45)21-20-43(10,58-46)37-17-18-44(53,13-3)32(9)55-37/h16,19,27-38,40-41,48-50,53H,11-15,17-18,20-26H2,1-10H3,(H,47,52)/t27-,28-,29+,30-,31-,32-,33+,34-,35+,36+,37+,38+,40+,41-,43-,44+,45-,46-/m0/s1. The molecular weight excluding hydrogens is 759 g/mol. The van der Waals surface area contributed by atoms with E-state index in [9.17, 15) is 24.9 Å². The van der Waals surface area contributed by atoms with Gasteiger partial charge in [0, 0.05) is 36.6 Å². The van der Waals surface area contributed by atoms with Gasteiger partial charge in [0.15, 0.2) is 5.79 Å². The molecule has 5 rings (SSSR count). The van der Waals surface area contributed by atoms with Crippen molar-refractivity contribution in [3.63, 3.8) is 0 Å². The Morgan fingerprint density at radius 2 is 1.63 bits per heavy atom. The Morgan fingerprint density at radius 3 is 2.27 bits per heavy atom. The molecule has 13 heteroatoms. The van der Waals surface area contributed by atoms with Crippen LogP contribution in [0.5, 0.6) is 0 Å². The fourth-order valence-electron chi connectivity index (χ4n) is 11.1. The van der Waals surface area contributed by atoms with Crippen LogP contribution >= 0.6 is 0 Å². The summed E-state index contributed by atoms with van der Waals surface area (Å²) in [7, 11) is 0. The Bertz CT molecular complexity index is 1430. The molecule has 0 aromatic carbocycles. The zero-order chi connectivity index (χ0) is 43.5. The molecule has 0 aliphatic carbocycles. The van der Waals surface area contributed by atoms with Gasteiger partial charge in [-0.25, -0.2) is 0 Å². The first-order chi connectivity index (χ1) is 27.8. The van der Waals surface area contributed by atoms with Crippen molar-refractivity contribution < 1.29 is 58.4 Å². The summed E-state index contributed by atoms with van der Waals surface area (Å²) in [6.45, 7) is 20.7. The van der Waals surface area contributed by atoms with Crippen LogP contribution in [-0.2, 0) is 38.0 Å². The summed E-state index contributed by atoms with van der Waals surface area (Å²) in [6.07, 6.45) is 5.89. The van der Waals surface area contributed by atoms with E-state index in [0.29, 0.717) is 64.5 Å². The van der Waals surface area contributed by atoms with E-state index in [1.165, 1.54) is 0 Å². The van der Waals surface area contributed by atoms with Gasteiger partial charge >= 0.3 is 0 Å². The first-order valence-corrected chi connectivity index (χ1v) is 23.0. The quantitative estimate of drug-likeness (QED) is 0.0953. The summed E-state index contributed by atoms with van der Waals surface area (Å²) in [5, 5.41) is 46.4. The zero-order valence-electron chi connectivity index (χ0n) is 37.7. The third-order valence-electron chi connectivity index (χ3n) is 15.2. The summed E-state index contributed by atoms with van der Waals surface area (Å²) < 4.78 is 39.2. The van der Waals surface area contributed by atoms with E-state index in [-0.39, 0.29) is 78.9 Å². The summed E-state index contributed by atoms with van der Waals surface area (Å²) in [6, 6.07) is 0. The molecule has 0 aromatic rings. The van der Waals surface area contributed by atoms with Crippen molar-refractivity contribution in [2.75, 3.05) is 26.4 Å². The number of hydrogen-bond acceptors (Lipinski definition) is 12. The molecule has 0 aromatic heterocycles. The molecule has 4 saturated heterocycles. The van der Waals surface area contributed by atoms with E-state index in [4.69, 9.17) is 33.5 Å². The van der Waals surface area contributed by atoms with E-state index < -0.39 is 52.9 Å². The number of carbonyl (C=O) groups is 2. The number of rotatable bonds is 17. The number of carbonyl (C=O) groups excluding carboxylic acids is 2. The Labute approximate surface area is 353 Å². The van der Waals surface area contributed by atoms with Crippen molar-refractivity contribution in [2.24, 2.45) is 41.4 Å². The maximum Gasteiger partial charge on any atom is 0.225 e. The van der Waals surface area contributed by atoms with Crippen LogP contribution in [0.1, 0.15) is 133 Å².